The molecule has 0 fully saturated rings. The normalized spacial score (nSPS) is 11.5. The van der Waals surface area contributed by atoms with Crippen LogP contribution in [0.4, 0.5) is 5.82 Å². The third-order valence-electron chi connectivity index (χ3n) is 2.37. The van der Waals surface area contributed by atoms with E-state index in [1.54, 1.807) is 0 Å². The van der Waals surface area contributed by atoms with Gasteiger partial charge >= 0.3 is 0 Å². The standard InChI is InChI=1S/C10H9N4.W/c1-7-10-11-6-8-4-2-3-5-9(8)14(10)13-12-7;/h2-6,11H,1H3;/q-1;. The Bertz CT molecular complexity index is 492. The molecule has 2 heterocycles. The minimum atomic E-state index is 0. The van der Waals surface area contributed by atoms with Gasteiger partial charge in [0.05, 0.1) is 0 Å². The molecule has 1 aromatic carbocycles. The number of hydrogen-bond acceptors (Lipinski definition) is 3. The van der Waals surface area contributed by atoms with E-state index in [-0.39, 0.29) is 21.1 Å². The van der Waals surface area contributed by atoms with E-state index in [0.717, 1.165) is 22.8 Å². The molecule has 5 heteroatoms. The molecule has 15 heavy (non-hydrogen) atoms. The Morgan fingerprint density at radius 3 is 3.00 bits per heavy atom. The van der Waals surface area contributed by atoms with Crippen LogP contribution in [0.5, 0.6) is 0 Å². The van der Waals surface area contributed by atoms with Crippen LogP contribution in [0.3, 0.4) is 0 Å². The Morgan fingerprint density at radius 2 is 2.13 bits per heavy atom. The topological polar surface area (TPSA) is 42.7 Å². The zero-order chi connectivity index (χ0) is 9.54. The summed E-state index contributed by atoms with van der Waals surface area (Å²) in [5.74, 6) is 0.948. The van der Waals surface area contributed by atoms with Crippen molar-refractivity contribution in [1.82, 2.24) is 15.0 Å². The Labute approximate surface area is 102 Å². The van der Waals surface area contributed by atoms with Crippen molar-refractivity contribution in [2.75, 3.05) is 5.32 Å². The van der Waals surface area contributed by atoms with Crippen LogP contribution in [0.2, 0.25) is 0 Å². The zero-order valence-electron chi connectivity index (χ0n) is 8.14. The molecule has 0 radical (unpaired) electrons. The van der Waals surface area contributed by atoms with Crippen molar-refractivity contribution in [3.05, 3.63) is 42.1 Å². The van der Waals surface area contributed by atoms with Gasteiger partial charge in [-0.2, -0.15) is 6.07 Å². The molecule has 76 valence electrons. The summed E-state index contributed by atoms with van der Waals surface area (Å²) in [7, 11) is 0. The number of aryl methyl sites for hydroxylation is 1. The van der Waals surface area contributed by atoms with E-state index < -0.39 is 0 Å². The number of hydrogen-bond donors (Lipinski definition) is 1. The Kier molecular flexibility index (Phi) is 2.53. The minimum Gasteiger partial charge on any atom is -0.398 e. The Morgan fingerprint density at radius 1 is 1.33 bits per heavy atom. The smallest absolute Gasteiger partial charge is 0.133 e. The third kappa shape index (κ3) is 1.45. The first kappa shape index (κ1) is 10.2. The molecule has 1 aromatic heterocycles. The van der Waals surface area contributed by atoms with Crippen molar-refractivity contribution in [3.8, 4) is 5.69 Å². The second kappa shape index (κ2) is 3.70. The molecule has 0 amide bonds. The molecular formula is C10H9N4W-. The van der Waals surface area contributed by atoms with E-state index >= 15 is 0 Å². The van der Waals surface area contributed by atoms with Gasteiger partial charge in [-0.25, -0.2) is 0 Å². The van der Waals surface area contributed by atoms with Crippen LogP contribution in [0, 0.1) is 13.5 Å². The van der Waals surface area contributed by atoms with Gasteiger partial charge in [0.2, 0.25) is 0 Å². The summed E-state index contributed by atoms with van der Waals surface area (Å²) in [5.41, 5.74) is 3.11. The summed E-state index contributed by atoms with van der Waals surface area (Å²) in [6.07, 6.45) is 0. The van der Waals surface area contributed by atoms with Crippen molar-refractivity contribution >= 4 is 5.82 Å². The molecule has 0 aliphatic carbocycles. The van der Waals surface area contributed by atoms with Crippen LogP contribution >= 0.6 is 0 Å². The average Bonchev–Trinajstić information content (AvgIpc) is 2.61. The summed E-state index contributed by atoms with van der Waals surface area (Å²) >= 11 is 0. The maximum absolute atomic E-state index is 4.08. The van der Waals surface area contributed by atoms with Gasteiger partial charge in [0.1, 0.15) is 11.5 Å². The largest absolute Gasteiger partial charge is 0.398 e. The first-order valence-electron chi connectivity index (χ1n) is 4.48. The van der Waals surface area contributed by atoms with Gasteiger partial charge in [-0.15, -0.1) is 16.7 Å². The van der Waals surface area contributed by atoms with Crippen LogP contribution in [0.15, 0.2) is 24.3 Å². The summed E-state index contributed by atoms with van der Waals surface area (Å²) in [6.45, 7) is 3.91. The summed E-state index contributed by atoms with van der Waals surface area (Å²) in [6, 6.07) is 8.08. The zero-order valence-corrected chi connectivity index (χ0v) is 11.1. The molecule has 3 rings (SSSR count). The molecular weight excluding hydrogens is 360 g/mol. The second-order valence-electron chi connectivity index (χ2n) is 3.28. The molecule has 0 saturated carbocycles. The van der Waals surface area contributed by atoms with E-state index in [2.05, 4.69) is 15.6 Å². The van der Waals surface area contributed by atoms with E-state index in [9.17, 15) is 0 Å². The number of nitrogens with one attached hydrogen (secondary N) is 1. The summed E-state index contributed by atoms with van der Waals surface area (Å²) in [4.78, 5) is 0. The molecule has 0 bridgehead atoms. The van der Waals surface area contributed by atoms with Gasteiger partial charge in [-0.05, 0) is 12.6 Å². The van der Waals surface area contributed by atoms with Gasteiger partial charge in [0, 0.05) is 21.1 Å². The second-order valence-corrected chi connectivity index (χ2v) is 3.28. The predicted octanol–water partition coefficient (Wildman–Crippen LogP) is 1.51. The minimum absolute atomic E-state index is 0. The van der Waals surface area contributed by atoms with E-state index in [0.29, 0.717) is 0 Å². The fraction of sp³-hybridized carbons (Fsp3) is 0.100. The molecule has 1 N–H and O–H groups in total. The van der Waals surface area contributed by atoms with Gasteiger partial charge in [0.15, 0.2) is 0 Å². The number of rotatable bonds is 0. The number of benzene rings is 1. The van der Waals surface area contributed by atoms with Crippen LogP contribution in [0.1, 0.15) is 11.3 Å². The number of fused-ring (bicyclic) bond motifs is 3. The molecule has 1 aliphatic rings. The third-order valence-corrected chi connectivity index (χ3v) is 2.37. The Hall–Kier alpha value is -1.28. The van der Waals surface area contributed by atoms with Crippen molar-refractivity contribution in [1.29, 1.82) is 0 Å². The van der Waals surface area contributed by atoms with Crippen molar-refractivity contribution < 1.29 is 21.1 Å². The number of nitrogens with zero attached hydrogens (tertiary/aromatic N) is 3. The number of aromatic nitrogens is 3. The van der Waals surface area contributed by atoms with Crippen LogP contribution < -0.4 is 5.32 Å². The van der Waals surface area contributed by atoms with Gasteiger partial charge in [-0.3, -0.25) is 4.68 Å². The van der Waals surface area contributed by atoms with Crippen molar-refractivity contribution in [2.24, 2.45) is 0 Å². The van der Waals surface area contributed by atoms with Crippen molar-refractivity contribution in [3.63, 3.8) is 0 Å². The fourth-order valence-corrected chi connectivity index (χ4v) is 1.64. The van der Waals surface area contributed by atoms with Crippen LogP contribution in [0.25, 0.3) is 5.69 Å². The fourth-order valence-electron chi connectivity index (χ4n) is 1.64. The molecule has 0 unspecified atom stereocenters. The van der Waals surface area contributed by atoms with Crippen molar-refractivity contribution in [2.45, 2.75) is 6.92 Å². The molecule has 4 nitrogen and oxygen atoms in total. The maximum Gasteiger partial charge on any atom is 0.133 e. The maximum atomic E-state index is 4.08. The summed E-state index contributed by atoms with van der Waals surface area (Å²) < 4.78 is 1.82. The van der Waals surface area contributed by atoms with Gasteiger partial charge in [-0.1, -0.05) is 23.9 Å². The summed E-state index contributed by atoms with van der Waals surface area (Å²) in [5, 5.41) is 11.3. The van der Waals surface area contributed by atoms with E-state index in [1.165, 1.54) is 0 Å². The Balaban J connectivity index is 0.000000853. The van der Waals surface area contributed by atoms with Gasteiger partial charge < -0.3 is 5.32 Å². The van der Waals surface area contributed by atoms with Crippen LogP contribution in [-0.4, -0.2) is 15.0 Å². The molecule has 0 atom stereocenters. The average molecular weight is 369 g/mol. The number of para-hydroxylation sites is 1. The number of anilines is 1. The first-order chi connectivity index (χ1) is 6.86. The first-order valence-corrected chi connectivity index (χ1v) is 4.48. The quantitative estimate of drug-likeness (QED) is 0.717. The van der Waals surface area contributed by atoms with E-state index in [1.807, 2.05) is 42.4 Å². The predicted molar refractivity (Wildman–Crippen MR) is 53.1 cm³/mol. The van der Waals surface area contributed by atoms with E-state index in [4.69, 9.17) is 0 Å². The SMILES string of the molecule is Cc1nnn2c1N[CH-]c1ccccc1-2.[W]. The molecule has 0 spiro atoms. The van der Waals surface area contributed by atoms with Gasteiger partial charge in [0.25, 0.3) is 0 Å². The molecule has 0 saturated heterocycles. The van der Waals surface area contributed by atoms with Crippen LogP contribution in [-0.2, 0) is 21.1 Å². The molecule has 1 aliphatic heterocycles. The molecule has 2 aromatic rings. The monoisotopic (exact) mass is 369 g/mol.